The van der Waals surface area contributed by atoms with Crippen molar-refractivity contribution in [2.24, 2.45) is 0 Å². The summed E-state index contributed by atoms with van der Waals surface area (Å²) < 4.78 is 0.968. The molecule has 0 aliphatic heterocycles. The van der Waals surface area contributed by atoms with Crippen molar-refractivity contribution in [2.75, 3.05) is 0 Å². The van der Waals surface area contributed by atoms with Crippen LogP contribution in [0, 0.1) is 0 Å². The second-order valence-corrected chi connectivity index (χ2v) is 3.81. The Bertz CT molecular complexity index is 452. The van der Waals surface area contributed by atoms with Gasteiger partial charge in [-0.25, -0.2) is 9.97 Å². The quantitative estimate of drug-likeness (QED) is 0.801. The number of rotatable bonds is 1. The minimum absolute atomic E-state index is 0.479. The van der Waals surface area contributed by atoms with Crippen LogP contribution in [0.1, 0.15) is 12.6 Å². The number of halogens is 2. The van der Waals surface area contributed by atoms with Gasteiger partial charge < -0.3 is 4.98 Å². The molecule has 0 amide bonds. The van der Waals surface area contributed by atoms with E-state index in [1.54, 1.807) is 0 Å². The van der Waals surface area contributed by atoms with Crippen LogP contribution in [0.25, 0.3) is 11.0 Å². The van der Waals surface area contributed by atoms with Gasteiger partial charge in [0.05, 0.1) is 9.86 Å². The number of hydrogen-bond acceptors (Lipinski definition) is 2. The van der Waals surface area contributed by atoms with E-state index in [9.17, 15) is 0 Å². The molecule has 0 spiro atoms. The Morgan fingerprint density at radius 2 is 2.31 bits per heavy atom. The lowest BCUT2D eigenvalue weighted by molar-refractivity contribution is 1.06. The van der Waals surface area contributed by atoms with Crippen molar-refractivity contribution >= 4 is 38.6 Å². The van der Waals surface area contributed by atoms with Gasteiger partial charge in [-0.1, -0.05) is 18.5 Å². The molecule has 3 nitrogen and oxygen atoms in total. The normalized spacial score (nSPS) is 11.0. The average molecular weight is 261 g/mol. The van der Waals surface area contributed by atoms with Gasteiger partial charge in [0.25, 0.3) is 0 Å². The van der Waals surface area contributed by atoms with Crippen molar-refractivity contribution in [3.05, 3.63) is 21.6 Å². The molecular weight excluding hydrogens is 253 g/mol. The average Bonchev–Trinajstić information content (AvgIpc) is 2.44. The summed E-state index contributed by atoms with van der Waals surface area (Å²) in [5.74, 6) is 0. The molecular formula is C8H7BrClN3. The fraction of sp³-hybridized carbons (Fsp3) is 0.250. The molecule has 0 aliphatic rings. The molecule has 5 heteroatoms. The van der Waals surface area contributed by atoms with Crippen molar-refractivity contribution in [3.8, 4) is 0 Å². The number of hydrogen-bond donors (Lipinski definition) is 1. The Hall–Kier alpha value is -0.610. The summed E-state index contributed by atoms with van der Waals surface area (Å²) in [4.78, 5) is 11.2. The van der Waals surface area contributed by atoms with E-state index in [1.807, 2.05) is 0 Å². The fourth-order valence-electron chi connectivity index (χ4n) is 1.25. The third kappa shape index (κ3) is 1.34. The molecule has 0 unspecified atom stereocenters. The zero-order valence-electron chi connectivity index (χ0n) is 6.93. The van der Waals surface area contributed by atoms with Crippen molar-refractivity contribution < 1.29 is 0 Å². The Morgan fingerprint density at radius 1 is 1.54 bits per heavy atom. The summed E-state index contributed by atoms with van der Waals surface area (Å²) in [5.41, 5.74) is 1.88. The third-order valence-electron chi connectivity index (χ3n) is 1.91. The first-order valence-corrected chi connectivity index (χ1v) is 5.07. The van der Waals surface area contributed by atoms with Crippen LogP contribution in [0.3, 0.4) is 0 Å². The number of aryl methyl sites for hydroxylation is 1. The molecule has 0 aliphatic carbocycles. The minimum atomic E-state index is 0.479. The summed E-state index contributed by atoms with van der Waals surface area (Å²) in [6.07, 6.45) is 2.36. The van der Waals surface area contributed by atoms with Crippen LogP contribution < -0.4 is 0 Å². The summed E-state index contributed by atoms with van der Waals surface area (Å²) in [6.45, 7) is 2.07. The van der Waals surface area contributed by atoms with Gasteiger partial charge in [0.1, 0.15) is 17.1 Å². The summed E-state index contributed by atoms with van der Waals surface area (Å²) in [6, 6.07) is 0. The zero-order valence-corrected chi connectivity index (χ0v) is 9.28. The van der Waals surface area contributed by atoms with Crippen molar-refractivity contribution in [2.45, 2.75) is 13.3 Å². The highest BCUT2D eigenvalue weighted by Crippen LogP contribution is 2.30. The standard InChI is InChI=1S/C8H7BrClN3/c1-2-4-6(9)5-7(10)11-3-12-8(5)13-4/h3H,2H2,1H3,(H,11,12,13). The van der Waals surface area contributed by atoms with Crippen LogP contribution in [0.5, 0.6) is 0 Å². The highest BCUT2D eigenvalue weighted by atomic mass is 79.9. The number of nitrogens with one attached hydrogen (secondary N) is 1. The van der Waals surface area contributed by atoms with Gasteiger partial charge in [-0.2, -0.15) is 0 Å². The fourth-order valence-corrected chi connectivity index (χ4v) is 2.34. The monoisotopic (exact) mass is 259 g/mol. The van der Waals surface area contributed by atoms with Gasteiger partial charge in [0.15, 0.2) is 0 Å². The Morgan fingerprint density at radius 3 is 2.92 bits per heavy atom. The van der Waals surface area contributed by atoms with Crippen LogP contribution in [0.15, 0.2) is 10.8 Å². The number of aromatic amines is 1. The number of H-pyrrole nitrogens is 1. The summed E-state index contributed by atoms with van der Waals surface area (Å²) >= 11 is 9.40. The second kappa shape index (κ2) is 3.27. The highest BCUT2D eigenvalue weighted by molar-refractivity contribution is 9.10. The first-order valence-electron chi connectivity index (χ1n) is 3.90. The van der Waals surface area contributed by atoms with Gasteiger partial charge in [0, 0.05) is 5.69 Å². The number of fused-ring (bicyclic) bond motifs is 1. The molecule has 2 aromatic rings. The van der Waals surface area contributed by atoms with Crippen molar-refractivity contribution in [1.29, 1.82) is 0 Å². The van der Waals surface area contributed by atoms with E-state index < -0.39 is 0 Å². The molecule has 68 valence electrons. The summed E-state index contributed by atoms with van der Waals surface area (Å²) in [7, 11) is 0. The Balaban J connectivity index is 2.85. The maximum Gasteiger partial charge on any atom is 0.143 e. The summed E-state index contributed by atoms with van der Waals surface area (Å²) in [5, 5.41) is 1.34. The van der Waals surface area contributed by atoms with Crippen LogP contribution >= 0.6 is 27.5 Å². The Kier molecular flexibility index (Phi) is 2.26. The molecule has 0 bridgehead atoms. The van der Waals surface area contributed by atoms with Crippen LogP contribution in [0.2, 0.25) is 5.15 Å². The smallest absolute Gasteiger partial charge is 0.143 e. The molecule has 2 heterocycles. The molecule has 0 radical (unpaired) electrons. The van der Waals surface area contributed by atoms with E-state index in [1.165, 1.54) is 6.33 Å². The van der Waals surface area contributed by atoms with Gasteiger partial charge in [-0.05, 0) is 22.4 Å². The molecule has 1 N–H and O–H groups in total. The lowest BCUT2D eigenvalue weighted by atomic mass is 10.3. The molecule has 2 rings (SSSR count). The predicted octanol–water partition coefficient (Wildman–Crippen LogP) is 2.94. The van der Waals surface area contributed by atoms with Gasteiger partial charge >= 0.3 is 0 Å². The SMILES string of the molecule is CCc1[nH]c2ncnc(Cl)c2c1Br. The topological polar surface area (TPSA) is 41.6 Å². The number of aromatic nitrogens is 3. The van der Waals surface area contributed by atoms with Crippen LogP contribution in [-0.2, 0) is 6.42 Å². The second-order valence-electron chi connectivity index (χ2n) is 2.66. The number of nitrogens with zero attached hydrogens (tertiary/aromatic N) is 2. The Labute approximate surface area is 88.7 Å². The van der Waals surface area contributed by atoms with Crippen molar-refractivity contribution in [1.82, 2.24) is 15.0 Å². The largest absolute Gasteiger partial charge is 0.342 e. The molecule has 13 heavy (non-hydrogen) atoms. The van der Waals surface area contributed by atoms with Crippen LogP contribution in [0.4, 0.5) is 0 Å². The highest BCUT2D eigenvalue weighted by Gasteiger charge is 2.11. The minimum Gasteiger partial charge on any atom is -0.342 e. The van der Waals surface area contributed by atoms with Gasteiger partial charge in [-0.15, -0.1) is 0 Å². The zero-order chi connectivity index (χ0) is 9.42. The maximum atomic E-state index is 5.93. The molecule has 2 aromatic heterocycles. The third-order valence-corrected chi connectivity index (χ3v) is 3.07. The van der Waals surface area contributed by atoms with Crippen molar-refractivity contribution in [3.63, 3.8) is 0 Å². The lowest BCUT2D eigenvalue weighted by Crippen LogP contribution is -1.80. The van der Waals surface area contributed by atoms with Gasteiger partial charge in [-0.3, -0.25) is 0 Å². The van der Waals surface area contributed by atoms with E-state index in [-0.39, 0.29) is 0 Å². The predicted molar refractivity (Wildman–Crippen MR) is 56.0 cm³/mol. The molecule has 0 fully saturated rings. The molecule has 0 saturated carbocycles. The maximum absolute atomic E-state index is 5.93. The van der Waals surface area contributed by atoms with E-state index in [0.717, 1.165) is 27.6 Å². The molecule has 0 aromatic carbocycles. The van der Waals surface area contributed by atoms with E-state index in [4.69, 9.17) is 11.6 Å². The van der Waals surface area contributed by atoms with Gasteiger partial charge in [0.2, 0.25) is 0 Å². The molecule has 0 saturated heterocycles. The van der Waals surface area contributed by atoms with E-state index in [2.05, 4.69) is 37.8 Å². The first-order chi connectivity index (χ1) is 6.24. The first kappa shape index (κ1) is 8.97. The lowest BCUT2D eigenvalue weighted by Gasteiger charge is -1.91. The molecule has 0 atom stereocenters. The van der Waals surface area contributed by atoms with E-state index in [0.29, 0.717) is 5.15 Å². The van der Waals surface area contributed by atoms with Crippen LogP contribution in [-0.4, -0.2) is 15.0 Å². The van der Waals surface area contributed by atoms with E-state index >= 15 is 0 Å².